The topological polar surface area (TPSA) is 15.6 Å². The quantitative estimate of drug-likeness (QED) is 0.483. The highest BCUT2D eigenvalue weighted by Crippen LogP contribution is 2.44. The number of hydrogen-bond donors (Lipinski definition) is 0. The van der Waals surface area contributed by atoms with Crippen LogP contribution in [0.2, 0.25) is 10.0 Å². The Hall–Kier alpha value is -1.58. The van der Waals surface area contributed by atoms with Gasteiger partial charge in [0.05, 0.1) is 10.7 Å². The van der Waals surface area contributed by atoms with E-state index in [1.807, 2.05) is 6.07 Å². The molecule has 0 aromatic heterocycles. The summed E-state index contributed by atoms with van der Waals surface area (Å²) in [5.41, 5.74) is 3.23. The van der Waals surface area contributed by atoms with E-state index in [1.165, 1.54) is 5.56 Å². The minimum absolute atomic E-state index is 0.0152. The second kappa shape index (κ2) is 7.81. The highest BCUT2D eigenvalue weighted by Gasteiger charge is 2.36. The van der Waals surface area contributed by atoms with Gasteiger partial charge in [-0.15, -0.1) is 0 Å². The molecule has 0 fully saturated rings. The van der Waals surface area contributed by atoms with Crippen LogP contribution in [0.15, 0.2) is 35.3 Å². The van der Waals surface area contributed by atoms with E-state index in [0.717, 1.165) is 25.1 Å². The van der Waals surface area contributed by atoms with Crippen LogP contribution in [0.3, 0.4) is 0 Å². The van der Waals surface area contributed by atoms with E-state index in [4.69, 9.17) is 23.2 Å². The molecule has 1 heterocycles. The van der Waals surface area contributed by atoms with Crippen molar-refractivity contribution < 1.29 is 4.39 Å². The van der Waals surface area contributed by atoms with E-state index in [2.05, 4.69) is 37.6 Å². The third-order valence-electron chi connectivity index (χ3n) is 5.20. The lowest BCUT2D eigenvalue weighted by molar-refractivity contribution is 0.375. The molecular weight excluding hydrogens is 382 g/mol. The Morgan fingerprint density at radius 2 is 2.00 bits per heavy atom. The van der Waals surface area contributed by atoms with Gasteiger partial charge in [-0.05, 0) is 68.5 Å². The summed E-state index contributed by atoms with van der Waals surface area (Å²) >= 11 is 12.1. The SMILES string of the molecule is CCCN1c2cc(F)c(C=Nc3ccc(Cl)cc3Cl)cc2C(C)CC1(C)C. The molecule has 27 heavy (non-hydrogen) atoms. The van der Waals surface area contributed by atoms with Gasteiger partial charge in [0, 0.05) is 34.6 Å². The van der Waals surface area contributed by atoms with Crippen LogP contribution >= 0.6 is 23.2 Å². The predicted octanol–water partition coefficient (Wildman–Crippen LogP) is 7.39. The van der Waals surface area contributed by atoms with Crippen LogP contribution < -0.4 is 4.90 Å². The van der Waals surface area contributed by atoms with Crippen LogP contribution in [0.25, 0.3) is 0 Å². The maximum Gasteiger partial charge on any atom is 0.134 e. The van der Waals surface area contributed by atoms with E-state index in [1.54, 1.807) is 30.5 Å². The average molecular weight is 407 g/mol. The Kier molecular flexibility index (Phi) is 5.83. The number of nitrogens with zero attached hydrogens (tertiary/aromatic N) is 2. The van der Waals surface area contributed by atoms with Crippen molar-refractivity contribution in [2.45, 2.75) is 52.0 Å². The van der Waals surface area contributed by atoms with Gasteiger partial charge >= 0.3 is 0 Å². The molecule has 3 rings (SSSR count). The molecule has 1 atom stereocenters. The highest BCUT2D eigenvalue weighted by molar-refractivity contribution is 6.36. The standard InChI is InChI=1S/C22H25Cl2FN2/c1-5-8-27-21-11-19(25)15(9-17(21)14(2)12-22(27,3)4)13-26-20-7-6-16(23)10-18(20)24/h6-7,9-11,13-14H,5,8,12H2,1-4H3. The fraction of sp³-hybridized carbons (Fsp3) is 0.409. The largest absolute Gasteiger partial charge is 0.366 e. The Morgan fingerprint density at radius 3 is 2.67 bits per heavy atom. The first-order valence-corrected chi connectivity index (χ1v) is 10.1. The molecule has 144 valence electrons. The molecule has 0 N–H and O–H groups in total. The van der Waals surface area contributed by atoms with Crippen molar-refractivity contribution in [3.8, 4) is 0 Å². The minimum Gasteiger partial charge on any atom is -0.366 e. The van der Waals surface area contributed by atoms with Gasteiger partial charge in [0.25, 0.3) is 0 Å². The zero-order chi connectivity index (χ0) is 19.8. The first kappa shape index (κ1) is 20.2. The molecular formula is C22H25Cl2FN2. The highest BCUT2D eigenvalue weighted by atomic mass is 35.5. The van der Waals surface area contributed by atoms with Crippen molar-refractivity contribution in [2.75, 3.05) is 11.4 Å². The third-order valence-corrected chi connectivity index (χ3v) is 5.74. The summed E-state index contributed by atoms with van der Waals surface area (Å²) in [5, 5.41) is 0.993. The molecule has 0 saturated heterocycles. The zero-order valence-corrected chi connectivity index (χ0v) is 17.7. The molecule has 2 aromatic rings. The van der Waals surface area contributed by atoms with Gasteiger partial charge in [-0.3, -0.25) is 4.99 Å². The summed E-state index contributed by atoms with van der Waals surface area (Å²) in [7, 11) is 0. The Morgan fingerprint density at radius 1 is 1.26 bits per heavy atom. The van der Waals surface area contributed by atoms with Crippen LogP contribution in [0.4, 0.5) is 15.8 Å². The number of aliphatic imine (C=N–C) groups is 1. The third kappa shape index (κ3) is 4.14. The zero-order valence-electron chi connectivity index (χ0n) is 16.2. The second-order valence-corrected chi connectivity index (χ2v) is 8.70. The van der Waals surface area contributed by atoms with Gasteiger partial charge in [-0.25, -0.2) is 4.39 Å². The first-order chi connectivity index (χ1) is 12.7. The monoisotopic (exact) mass is 406 g/mol. The van der Waals surface area contributed by atoms with E-state index in [0.29, 0.717) is 27.2 Å². The molecule has 0 amide bonds. The number of hydrogen-bond acceptors (Lipinski definition) is 2. The molecule has 0 saturated carbocycles. The molecule has 0 aliphatic carbocycles. The summed E-state index contributed by atoms with van der Waals surface area (Å²) < 4.78 is 14.9. The van der Waals surface area contributed by atoms with Crippen molar-refractivity contribution in [1.29, 1.82) is 0 Å². The molecule has 0 spiro atoms. The first-order valence-electron chi connectivity index (χ1n) is 9.33. The van der Waals surface area contributed by atoms with Gasteiger partial charge in [-0.1, -0.05) is 37.0 Å². The lowest BCUT2D eigenvalue weighted by Crippen LogP contribution is -2.48. The van der Waals surface area contributed by atoms with E-state index >= 15 is 0 Å². The predicted molar refractivity (Wildman–Crippen MR) is 115 cm³/mol. The molecule has 0 bridgehead atoms. The molecule has 2 nitrogen and oxygen atoms in total. The van der Waals surface area contributed by atoms with Crippen molar-refractivity contribution >= 4 is 40.8 Å². The van der Waals surface area contributed by atoms with Crippen LogP contribution in [-0.2, 0) is 0 Å². The van der Waals surface area contributed by atoms with Gasteiger partial charge in [-0.2, -0.15) is 0 Å². The summed E-state index contributed by atoms with van der Waals surface area (Å²) in [6.07, 6.45) is 3.60. The summed E-state index contributed by atoms with van der Waals surface area (Å²) in [5.74, 6) is 0.0866. The van der Waals surface area contributed by atoms with Crippen LogP contribution in [0.5, 0.6) is 0 Å². The molecule has 1 aliphatic heterocycles. The summed E-state index contributed by atoms with van der Waals surface area (Å²) in [6.45, 7) is 9.75. The van der Waals surface area contributed by atoms with Crippen LogP contribution in [0, 0.1) is 5.82 Å². The normalized spacial score (nSPS) is 18.8. The smallest absolute Gasteiger partial charge is 0.134 e. The fourth-order valence-electron chi connectivity index (χ4n) is 3.99. The second-order valence-electron chi connectivity index (χ2n) is 7.86. The maximum absolute atomic E-state index is 14.9. The lowest BCUT2D eigenvalue weighted by Gasteiger charge is -2.47. The molecule has 2 aromatic carbocycles. The van der Waals surface area contributed by atoms with Crippen molar-refractivity contribution in [1.82, 2.24) is 0 Å². The van der Waals surface area contributed by atoms with E-state index in [-0.39, 0.29) is 11.4 Å². The van der Waals surface area contributed by atoms with Gasteiger partial charge in [0.15, 0.2) is 0 Å². The summed E-state index contributed by atoms with van der Waals surface area (Å²) in [4.78, 5) is 6.70. The molecule has 0 radical (unpaired) electrons. The van der Waals surface area contributed by atoms with Crippen molar-refractivity contribution in [2.24, 2.45) is 4.99 Å². The minimum atomic E-state index is -0.270. The van der Waals surface area contributed by atoms with Crippen molar-refractivity contribution in [3.05, 3.63) is 57.3 Å². The van der Waals surface area contributed by atoms with E-state index < -0.39 is 0 Å². The summed E-state index contributed by atoms with van der Waals surface area (Å²) in [6, 6.07) is 8.67. The Labute approximate surface area is 171 Å². The lowest BCUT2D eigenvalue weighted by atomic mass is 9.79. The number of fused-ring (bicyclic) bond motifs is 1. The Bertz CT molecular complexity index is 877. The fourth-order valence-corrected chi connectivity index (χ4v) is 4.45. The van der Waals surface area contributed by atoms with E-state index in [9.17, 15) is 4.39 Å². The maximum atomic E-state index is 14.9. The molecule has 1 unspecified atom stereocenters. The average Bonchev–Trinajstić information content (AvgIpc) is 2.58. The number of anilines is 1. The van der Waals surface area contributed by atoms with Crippen molar-refractivity contribution in [3.63, 3.8) is 0 Å². The molecule has 5 heteroatoms. The number of halogens is 3. The molecule has 1 aliphatic rings. The van der Waals surface area contributed by atoms with Gasteiger partial charge < -0.3 is 4.90 Å². The van der Waals surface area contributed by atoms with Gasteiger partial charge in [0.2, 0.25) is 0 Å². The van der Waals surface area contributed by atoms with Crippen LogP contribution in [0.1, 0.15) is 57.6 Å². The van der Waals surface area contributed by atoms with Gasteiger partial charge in [0.1, 0.15) is 5.82 Å². The van der Waals surface area contributed by atoms with Crippen LogP contribution in [-0.4, -0.2) is 18.3 Å². The number of rotatable bonds is 4. The number of benzene rings is 2. The Balaban J connectivity index is 2.00.